The predicted octanol–water partition coefficient (Wildman–Crippen LogP) is 4.74. The van der Waals surface area contributed by atoms with Gasteiger partial charge in [-0.15, -0.1) is 0 Å². The van der Waals surface area contributed by atoms with Crippen molar-refractivity contribution in [3.8, 4) is 0 Å². The summed E-state index contributed by atoms with van der Waals surface area (Å²) in [6, 6.07) is 7.75. The van der Waals surface area contributed by atoms with Crippen molar-refractivity contribution in [2.75, 3.05) is 0 Å². The molecule has 0 aliphatic heterocycles. The zero-order valence-corrected chi connectivity index (χ0v) is 20.0. The Morgan fingerprint density at radius 2 is 0.857 bits per heavy atom. The Hall–Kier alpha value is -1.25. The third kappa shape index (κ3) is 4.04. The summed E-state index contributed by atoms with van der Waals surface area (Å²) in [4.78, 5) is 35.4. The summed E-state index contributed by atoms with van der Waals surface area (Å²) in [7, 11) is -5.40. The Kier molecular flexibility index (Phi) is 5.46. The normalized spacial score (nSPS) is 14.7. The van der Waals surface area contributed by atoms with E-state index in [0.717, 1.165) is 22.3 Å². The van der Waals surface area contributed by atoms with Gasteiger partial charge in [-0.1, -0.05) is 0 Å². The Bertz CT molecular complexity index is 847. The average Bonchev–Trinajstić information content (AvgIpc) is 2.41. The van der Waals surface area contributed by atoms with Crippen LogP contribution in [0.5, 0.6) is 0 Å². The van der Waals surface area contributed by atoms with E-state index in [1.807, 2.05) is 93.5 Å². The molecule has 0 amide bonds. The molecule has 0 heterocycles. The standard InChI is InChI=1S/C24H37O3P/c1-15-11-17(3)21(19(13-15)23(5,6)7)28(25,26,27)22-18(4)12-16(2)14-20(22)24(8,9)10/h11-14,25-27H,1-10H3. The molecule has 0 fully saturated rings. The van der Waals surface area contributed by atoms with Gasteiger partial charge in [0, 0.05) is 0 Å². The Morgan fingerprint density at radius 1 is 0.571 bits per heavy atom. The second kappa shape index (κ2) is 6.64. The quantitative estimate of drug-likeness (QED) is 0.634. The van der Waals surface area contributed by atoms with Crippen LogP contribution in [-0.4, -0.2) is 14.7 Å². The number of rotatable bonds is 2. The first-order valence-electron chi connectivity index (χ1n) is 9.86. The molecule has 28 heavy (non-hydrogen) atoms. The van der Waals surface area contributed by atoms with Gasteiger partial charge in [-0.25, -0.2) is 0 Å². The van der Waals surface area contributed by atoms with Gasteiger partial charge in [-0.2, -0.15) is 0 Å². The van der Waals surface area contributed by atoms with E-state index in [2.05, 4.69) is 0 Å². The zero-order valence-electron chi connectivity index (χ0n) is 19.1. The molecule has 3 N–H and O–H groups in total. The van der Waals surface area contributed by atoms with Crippen LogP contribution in [0.2, 0.25) is 0 Å². The van der Waals surface area contributed by atoms with E-state index in [-0.39, 0.29) is 21.4 Å². The molecule has 2 aromatic carbocycles. The number of benzene rings is 2. The summed E-state index contributed by atoms with van der Waals surface area (Å²) < 4.78 is 0. The van der Waals surface area contributed by atoms with Gasteiger partial charge in [0.1, 0.15) is 0 Å². The van der Waals surface area contributed by atoms with Crippen molar-refractivity contribution in [1.82, 2.24) is 0 Å². The summed E-state index contributed by atoms with van der Waals surface area (Å²) in [5, 5.41) is 0.558. The molecule has 0 radical (unpaired) electrons. The van der Waals surface area contributed by atoms with E-state index in [9.17, 15) is 14.7 Å². The van der Waals surface area contributed by atoms with Gasteiger partial charge in [0.15, 0.2) is 0 Å². The van der Waals surface area contributed by atoms with E-state index in [4.69, 9.17) is 0 Å². The predicted molar refractivity (Wildman–Crippen MR) is 122 cm³/mol. The molecule has 0 bridgehead atoms. The molecule has 4 heteroatoms. The summed E-state index contributed by atoms with van der Waals surface area (Å²) in [5.74, 6) is 0. The van der Waals surface area contributed by atoms with E-state index in [0.29, 0.717) is 11.1 Å². The second-order valence-corrected chi connectivity index (χ2v) is 13.3. The maximum absolute atomic E-state index is 11.8. The molecule has 0 unspecified atom stereocenters. The van der Waals surface area contributed by atoms with Crippen LogP contribution in [0.1, 0.15) is 74.9 Å². The van der Waals surface area contributed by atoms with E-state index in [1.165, 1.54) is 0 Å². The summed E-state index contributed by atoms with van der Waals surface area (Å²) in [5.41, 5.74) is 4.31. The summed E-state index contributed by atoms with van der Waals surface area (Å²) >= 11 is 0. The minimum absolute atomic E-state index is 0.279. The van der Waals surface area contributed by atoms with Crippen LogP contribution in [0.15, 0.2) is 24.3 Å². The molecule has 0 aromatic heterocycles. The van der Waals surface area contributed by atoms with Crippen molar-refractivity contribution in [1.29, 1.82) is 0 Å². The fourth-order valence-corrected chi connectivity index (χ4v) is 7.61. The summed E-state index contributed by atoms with van der Waals surface area (Å²) in [6.07, 6.45) is 0. The fourth-order valence-electron chi connectivity index (χ4n) is 4.27. The number of aryl methyl sites for hydroxylation is 4. The molecule has 0 saturated carbocycles. The maximum atomic E-state index is 11.8. The fraction of sp³-hybridized carbons (Fsp3) is 0.500. The molecular formula is C24H37O3P. The van der Waals surface area contributed by atoms with Gasteiger partial charge in [-0.05, 0) is 0 Å². The molecule has 2 aromatic rings. The molecule has 3 nitrogen and oxygen atoms in total. The van der Waals surface area contributed by atoms with Gasteiger partial charge in [-0.3, -0.25) is 0 Å². The van der Waals surface area contributed by atoms with Crippen molar-refractivity contribution in [3.05, 3.63) is 57.6 Å². The van der Waals surface area contributed by atoms with Crippen LogP contribution in [0.25, 0.3) is 0 Å². The van der Waals surface area contributed by atoms with Gasteiger partial charge in [0.25, 0.3) is 0 Å². The van der Waals surface area contributed by atoms with Crippen molar-refractivity contribution in [2.24, 2.45) is 0 Å². The molecule has 0 spiro atoms. The van der Waals surface area contributed by atoms with Gasteiger partial charge >= 0.3 is 170 Å². The van der Waals surface area contributed by atoms with Crippen LogP contribution in [-0.2, 0) is 10.8 Å². The molecule has 0 saturated heterocycles. The van der Waals surface area contributed by atoms with Crippen molar-refractivity contribution < 1.29 is 14.7 Å². The Morgan fingerprint density at radius 3 is 1.11 bits per heavy atom. The molecule has 2 rings (SSSR count). The minimum atomic E-state index is -5.40. The molecule has 0 aliphatic carbocycles. The topological polar surface area (TPSA) is 60.7 Å². The average molecular weight is 405 g/mol. The van der Waals surface area contributed by atoms with Crippen molar-refractivity contribution in [3.63, 3.8) is 0 Å². The number of hydrogen-bond acceptors (Lipinski definition) is 3. The van der Waals surface area contributed by atoms with Crippen LogP contribution >= 0.6 is 7.28 Å². The zero-order chi connectivity index (χ0) is 21.9. The van der Waals surface area contributed by atoms with Crippen molar-refractivity contribution in [2.45, 2.75) is 80.1 Å². The van der Waals surface area contributed by atoms with Crippen LogP contribution < -0.4 is 10.6 Å². The first kappa shape index (κ1) is 23.0. The first-order valence-corrected chi connectivity index (χ1v) is 12.0. The van der Waals surface area contributed by atoms with E-state index in [1.54, 1.807) is 0 Å². The third-order valence-corrected chi connectivity index (χ3v) is 8.16. The molecule has 0 aliphatic rings. The van der Waals surface area contributed by atoms with Crippen molar-refractivity contribution >= 4 is 17.9 Å². The second-order valence-electron chi connectivity index (χ2n) is 10.4. The van der Waals surface area contributed by atoms with Gasteiger partial charge in [0.2, 0.25) is 0 Å². The summed E-state index contributed by atoms with van der Waals surface area (Å²) in [6.45, 7) is 19.9. The van der Waals surface area contributed by atoms with Gasteiger partial charge < -0.3 is 0 Å². The SMILES string of the molecule is Cc1cc(C)c(P(O)(O)(O)c2c(C)cc(C)cc2C(C)(C)C)c(C(C)(C)C)c1. The van der Waals surface area contributed by atoms with Crippen LogP contribution in [0, 0.1) is 27.7 Å². The third-order valence-electron chi connectivity index (χ3n) is 5.33. The monoisotopic (exact) mass is 404 g/mol. The van der Waals surface area contributed by atoms with Crippen LogP contribution in [0.4, 0.5) is 0 Å². The van der Waals surface area contributed by atoms with Gasteiger partial charge in [0.05, 0.1) is 0 Å². The first-order chi connectivity index (χ1) is 12.3. The molecule has 156 valence electrons. The van der Waals surface area contributed by atoms with E-state index >= 15 is 0 Å². The Balaban J connectivity index is 3.08. The molecular weight excluding hydrogens is 367 g/mol. The Labute approximate surface area is 170 Å². The van der Waals surface area contributed by atoms with Crippen LogP contribution in [0.3, 0.4) is 0 Å². The molecule has 0 atom stereocenters. The van der Waals surface area contributed by atoms with E-state index < -0.39 is 7.28 Å². The number of hydrogen-bond donors (Lipinski definition) is 3.